The summed E-state index contributed by atoms with van der Waals surface area (Å²) < 4.78 is 20.2. The Morgan fingerprint density at radius 1 is 0.944 bits per heavy atom. The van der Waals surface area contributed by atoms with Crippen LogP contribution in [0.4, 0.5) is 4.39 Å². The van der Waals surface area contributed by atoms with E-state index in [1.54, 1.807) is 0 Å². The summed E-state index contributed by atoms with van der Waals surface area (Å²) in [4.78, 5) is 37.5. The van der Waals surface area contributed by atoms with Crippen LogP contribution in [0.5, 0.6) is 0 Å². The van der Waals surface area contributed by atoms with Crippen molar-refractivity contribution in [1.82, 2.24) is 15.1 Å². The molecule has 0 fully saturated rings. The highest BCUT2D eigenvalue weighted by molar-refractivity contribution is 5.97. The van der Waals surface area contributed by atoms with Crippen LogP contribution < -0.4 is 5.32 Å². The highest BCUT2D eigenvalue weighted by Gasteiger charge is 2.23. The van der Waals surface area contributed by atoms with Crippen LogP contribution in [0.15, 0.2) is 91.1 Å². The molecule has 0 bridgehead atoms. The first-order valence-corrected chi connectivity index (χ1v) is 11.3. The van der Waals surface area contributed by atoms with E-state index in [4.69, 9.17) is 4.74 Å². The molecule has 0 spiro atoms. The zero-order valence-corrected chi connectivity index (χ0v) is 19.6. The molecule has 1 heterocycles. The largest absolute Gasteiger partial charge is 0.452 e. The van der Waals surface area contributed by atoms with Crippen LogP contribution in [0.1, 0.15) is 22.8 Å². The molecule has 4 rings (SSSR count). The minimum absolute atomic E-state index is 0.116. The monoisotopic (exact) mass is 485 g/mol. The van der Waals surface area contributed by atoms with Gasteiger partial charge in [0.2, 0.25) is 0 Å². The van der Waals surface area contributed by atoms with E-state index >= 15 is 0 Å². The molecule has 1 atom stereocenters. The molecule has 0 saturated heterocycles. The second-order valence-electron chi connectivity index (χ2n) is 8.17. The van der Waals surface area contributed by atoms with Crippen molar-refractivity contribution in [2.24, 2.45) is 0 Å². The van der Waals surface area contributed by atoms with E-state index < -0.39 is 30.3 Å². The number of amides is 1. The fourth-order valence-electron chi connectivity index (χ4n) is 3.65. The molecule has 182 valence electrons. The standard InChI is InChI=1S/C28H24FN3O4/c1-19(33)25(16-20-8-4-2-5-9-20)30-26(34)18-36-28(35)24-17-32(23-10-6-3-7-11-23)31-27(24)21-12-14-22(29)15-13-21/h2-15,17,25H,16,18H2,1H3,(H,30,34). The number of halogens is 1. The summed E-state index contributed by atoms with van der Waals surface area (Å²) in [6, 6.07) is 23.3. The van der Waals surface area contributed by atoms with Gasteiger partial charge in [0.25, 0.3) is 5.91 Å². The smallest absolute Gasteiger partial charge is 0.342 e. The third kappa shape index (κ3) is 6.09. The Balaban J connectivity index is 1.49. The molecule has 7 nitrogen and oxygen atoms in total. The third-order valence-corrected chi connectivity index (χ3v) is 5.52. The number of esters is 1. The van der Waals surface area contributed by atoms with Gasteiger partial charge in [0.15, 0.2) is 12.4 Å². The van der Waals surface area contributed by atoms with Crippen molar-refractivity contribution in [2.45, 2.75) is 19.4 Å². The Morgan fingerprint density at radius 3 is 2.22 bits per heavy atom. The van der Waals surface area contributed by atoms with Crippen molar-refractivity contribution in [1.29, 1.82) is 0 Å². The summed E-state index contributed by atoms with van der Waals surface area (Å²) in [5, 5.41) is 7.12. The van der Waals surface area contributed by atoms with Gasteiger partial charge < -0.3 is 10.1 Å². The Morgan fingerprint density at radius 2 is 1.58 bits per heavy atom. The Bertz CT molecular complexity index is 1350. The highest BCUT2D eigenvalue weighted by Crippen LogP contribution is 2.25. The number of Topliss-reactive ketones (excluding diaryl/α,β-unsaturated/α-hetero) is 1. The highest BCUT2D eigenvalue weighted by atomic mass is 19.1. The number of benzene rings is 3. The summed E-state index contributed by atoms with van der Waals surface area (Å²) in [5.74, 6) is -1.99. The number of nitrogens with zero attached hydrogens (tertiary/aromatic N) is 2. The van der Waals surface area contributed by atoms with Crippen molar-refractivity contribution >= 4 is 17.7 Å². The van der Waals surface area contributed by atoms with Crippen molar-refractivity contribution in [3.63, 3.8) is 0 Å². The number of para-hydroxylation sites is 1. The summed E-state index contributed by atoms with van der Waals surface area (Å²) in [7, 11) is 0. The molecule has 36 heavy (non-hydrogen) atoms. The maximum atomic E-state index is 13.5. The molecule has 1 unspecified atom stereocenters. The minimum atomic E-state index is -0.769. The number of hydrogen-bond acceptors (Lipinski definition) is 5. The van der Waals surface area contributed by atoms with Crippen LogP contribution >= 0.6 is 0 Å². The Hall–Kier alpha value is -4.59. The summed E-state index contributed by atoms with van der Waals surface area (Å²) >= 11 is 0. The topological polar surface area (TPSA) is 90.3 Å². The number of ketones is 1. The van der Waals surface area contributed by atoms with E-state index in [-0.39, 0.29) is 17.0 Å². The second kappa shape index (κ2) is 11.2. The van der Waals surface area contributed by atoms with Crippen LogP contribution in [-0.4, -0.2) is 40.1 Å². The van der Waals surface area contributed by atoms with Gasteiger partial charge in [-0.15, -0.1) is 0 Å². The van der Waals surface area contributed by atoms with Gasteiger partial charge >= 0.3 is 5.97 Å². The maximum absolute atomic E-state index is 13.5. The molecule has 4 aromatic rings. The van der Waals surface area contributed by atoms with E-state index in [1.807, 2.05) is 60.7 Å². The lowest BCUT2D eigenvalue weighted by atomic mass is 10.0. The summed E-state index contributed by atoms with van der Waals surface area (Å²) in [6.45, 7) is 0.823. The third-order valence-electron chi connectivity index (χ3n) is 5.52. The first kappa shape index (κ1) is 24.5. The number of rotatable bonds is 9. The molecular formula is C28H24FN3O4. The normalized spacial score (nSPS) is 11.5. The lowest BCUT2D eigenvalue weighted by Crippen LogP contribution is -2.43. The number of nitrogens with one attached hydrogen (secondary N) is 1. The number of ether oxygens (including phenoxy) is 1. The molecule has 3 aromatic carbocycles. The van der Waals surface area contributed by atoms with Gasteiger partial charge in [-0.25, -0.2) is 13.9 Å². The zero-order chi connectivity index (χ0) is 25.5. The van der Waals surface area contributed by atoms with E-state index in [9.17, 15) is 18.8 Å². The Labute approximate surface area is 207 Å². The van der Waals surface area contributed by atoms with Crippen LogP contribution in [0.25, 0.3) is 16.9 Å². The molecular weight excluding hydrogens is 461 g/mol. The number of carbonyl (C=O) groups excluding carboxylic acids is 3. The average Bonchev–Trinajstić information content (AvgIpc) is 3.34. The second-order valence-corrected chi connectivity index (χ2v) is 8.17. The van der Waals surface area contributed by atoms with Crippen molar-refractivity contribution < 1.29 is 23.5 Å². The Kier molecular flexibility index (Phi) is 7.65. The molecule has 0 radical (unpaired) electrons. The number of hydrogen-bond donors (Lipinski definition) is 1. The van der Waals surface area contributed by atoms with Crippen molar-refractivity contribution in [2.75, 3.05) is 6.61 Å². The minimum Gasteiger partial charge on any atom is -0.452 e. The first-order valence-electron chi connectivity index (χ1n) is 11.3. The number of carbonyl (C=O) groups is 3. The van der Waals surface area contributed by atoms with Gasteiger partial charge in [-0.3, -0.25) is 9.59 Å². The predicted molar refractivity (Wildman–Crippen MR) is 132 cm³/mol. The van der Waals surface area contributed by atoms with Gasteiger partial charge in [0, 0.05) is 11.8 Å². The number of aromatic nitrogens is 2. The van der Waals surface area contributed by atoms with Gasteiger partial charge in [0.1, 0.15) is 17.1 Å². The van der Waals surface area contributed by atoms with Crippen molar-refractivity contribution in [3.05, 3.63) is 108 Å². The van der Waals surface area contributed by atoms with E-state index in [0.717, 1.165) is 5.56 Å². The van der Waals surface area contributed by atoms with Gasteiger partial charge in [-0.2, -0.15) is 5.10 Å². The maximum Gasteiger partial charge on any atom is 0.342 e. The van der Waals surface area contributed by atoms with E-state index in [0.29, 0.717) is 17.7 Å². The van der Waals surface area contributed by atoms with Gasteiger partial charge in [-0.05, 0) is 55.3 Å². The van der Waals surface area contributed by atoms with Crippen LogP contribution in [0, 0.1) is 5.82 Å². The van der Waals surface area contributed by atoms with Gasteiger partial charge in [-0.1, -0.05) is 48.5 Å². The molecule has 1 N–H and O–H groups in total. The average molecular weight is 486 g/mol. The molecule has 1 amide bonds. The lowest BCUT2D eigenvalue weighted by molar-refractivity contribution is -0.128. The zero-order valence-electron chi connectivity index (χ0n) is 19.6. The van der Waals surface area contributed by atoms with Crippen LogP contribution in [-0.2, 0) is 20.7 Å². The molecule has 8 heteroatoms. The van der Waals surface area contributed by atoms with E-state index in [2.05, 4.69) is 10.4 Å². The lowest BCUT2D eigenvalue weighted by Gasteiger charge is -2.16. The predicted octanol–water partition coefficient (Wildman–Crippen LogP) is 4.15. The van der Waals surface area contributed by atoms with Crippen LogP contribution in [0.2, 0.25) is 0 Å². The first-order chi connectivity index (χ1) is 17.4. The summed E-state index contributed by atoms with van der Waals surface area (Å²) in [6.07, 6.45) is 1.83. The van der Waals surface area contributed by atoms with Gasteiger partial charge in [0.05, 0.1) is 11.7 Å². The summed E-state index contributed by atoms with van der Waals surface area (Å²) in [5.41, 5.74) is 2.53. The molecule has 0 saturated carbocycles. The SMILES string of the molecule is CC(=O)C(Cc1ccccc1)NC(=O)COC(=O)c1cn(-c2ccccc2)nc1-c1ccc(F)cc1. The quantitative estimate of drug-likeness (QED) is 0.360. The molecule has 0 aliphatic carbocycles. The molecule has 1 aromatic heterocycles. The van der Waals surface area contributed by atoms with E-state index in [1.165, 1.54) is 42.1 Å². The molecule has 0 aliphatic rings. The fourth-order valence-corrected chi connectivity index (χ4v) is 3.65. The fraction of sp³-hybridized carbons (Fsp3) is 0.143. The van der Waals surface area contributed by atoms with Crippen molar-refractivity contribution in [3.8, 4) is 16.9 Å². The van der Waals surface area contributed by atoms with Crippen LogP contribution in [0.3, 0.4) is 0 Å². The molecule has 0 aliphatic heterocycles.